The Labute approximate surface area is 118 Å². The molecule has 2 rings (SSSR count). The van der Waals surface area contributed by atoms with Crippen molar-refractivity contribution in [2.75, 3.05) is 7.11 Å². The van der Waals surface area contributed by atoms with Crippen molar-refractivity contribution >= 4 is 5.91 Å². The number of hydrogen-bond acceptors (Lipinski definition) is 3. The quantitative estimate of drug-likeness (QED) is 0.875. The molecule has 104 valence electrons. The van der Waals surface area contributed by atoms with Gasteiger partial charge >= 0.3 is 0 Å². The third-order valence-electron chi connectivity index (χ3n) is 2.99. The fourth-order valence-electron chi connectivity index (χ4n) is 1.81. The molecule has 0 saturated carbocycles. The molecular weight excluding hydrogens is 254 g/mol. The van der Waals surface area contributed by atoms with E-state index in [1.54, 1.807) is 31.4 Å². The number of aliphatic hydroxyl groups is 1. The Hall–Kier alpha value is -2.33. The van der Waals surface area contributed by atoms with Gasteiger partial charge in [0.15, 0.2) is 0 Å². The Kier molecular flexibility index (Phi) is 4.74. The molecule has 0 atom stereocenters. The summed E-state index contributed by atoms with van der Waals surface area (Å²) in [5.41, 5.74) is 2.41. The van der Waals surface area contributed by atoms with Crippen molar-refractivity contribution in [1.29, 1.82) is 0 Å². The molecule has 2 aromatic rings. The predicted molar refractivity (Wildman–Crippen MR) is 76.5 cm³/mol. The third kappa shape index (κ3) is 3.59. The van der Waals surface area contributed by atoms with Gasteiger partial charge in [0.05, 0.1) is 13.7 Å². The molecule has 0 spiro atoms. The molecule has 0 unspecified atom stereocenters. The van der Waals surface area contributed by atoms with Crippen LogP contribution >= 0.6 is 0 Å². The Morgan fingerprint density at radius 3 is 2.50 bits per heavy atom. The number of rotatable bonds is 5. The summed E-state index contributed by atoms with van der Waals surface area (Å²) >= 11 is 0. The summed E-state index contributed by atoms with van der Waals surface area (Å²) < 4.78 is 5.09. The highest BCUT2D eigenvalue weighted by Crippen LogP contribution is 2.12. The summed E-state index contributed by atoms with van der Waals surface area (Å²) in [5.74, 6) is 0.514. The van der Waals surface area contributed by atoms with Gasteiger partial charge < -0.3 is 15.2 Å². The number of nitrogens with one attached hydrogen (secondary N) is 1. The van der Waals surface area contributed by atoms with E-state index in [1.807, 2.05) is 24.3 Å². The second kappa shape index (κ2) is 6.73. The average molecular weight is 271 g/mol. The Morgan fingerprint density at radius 1 is 1.15 bits per heavy atom. The van der Waals surface area contributed by atoms with Gasteiger partial charge in [0, 0.05) is 12.1 Å². The smallest absolute Gasteiger partial charge is 0.251 e. The lowest BCUT2D eigenvalue weighted by molar-refractivity contribution is 0.0950. The number of aliphatic hydroxyl groups excluding tert-OH is 1. The van der Waals surface area contributed by atoms with Crippen LogP contribution in [0.5, 0.6) is 5.75 Å². The maximum Gasteiger partial charge on any atom is 0.251 e. The van der Waals surface area contributed by atoms with Crippen LogP contribution in [0.2, 0.25) is 0 Å². The molecule has 20 heavy (non-hydrogen) atoms. The Balaban J connectivity index is 1.97. The van der Waals surface area contributed by atoms with Crippen LogP contribution in [0.25, 0.3) is 0 Å². The van der Waals surface area contributed by atoms with Crippen LogP contribution in [-0.4, -0.2) is 18.1 Å². The van der Waals surface area contributed by atoms with Crippen molar-refractivity contribution in [3.05, 3.63) is 65.2 Å². The predicted octanol–water partition coefficient (Wildman–Crippen LogP) is 2.12. The van der Waals surface area contributed by atoms with Crippen LogP contribution in [0.1, 0.15) is 21.5 Å². The monoisotopic (exact) mass is 271 g/mol. The molecule has 0 aliphatic rings. The van der Waals surface area contributed by atoms with Gasteiger partial charge in [-0.05, 0) is 29.3 Å². The molecule has 4 nitrogen and oxygen atoms in total. The lowest BCUT2D eigenvalue weighted by Gasteiger charge is -2.07. The summed E-state index contributed by atoms with van der Waals surface area (Å²) in [5, 5.41) is 11.8. The zero-order valence-corrected chi connectivity index (χ0v) is 11.3. The first-order valence-corrected chi connectivity index (χ1v) is 6.34. The topological polar surface area (TPSA) is 58.6 Å². The van der Waals surface area contributed by atoms with E-state index in [1.165, 1.54) is 0 Å². The molecule has 1 amide bonds. The van der Waals surface area contributed by atoms with Crippen molar-refractivity contribution in [2.24, 2.45) is 0 Å². The zero-order valence-electron chi connectivity index (χ0n) is 11.3. The van der Waals surface area contributed by atoms with Crippen LogP contribution < -0.4 is 10.1 Å². The van der Waals surface area contributed by atoms with Crippen molar-refractivity contribution in [3.8, 4) is 5.75 Å². The second-order valence-corrected chi connectivity index (χ2v) is 4.39. The van der Waals surface area contributed by atoms with Crippen LogP contribution in [0.4, 0.5) is 0 Å². The second-order valence-electron chi connectivity index (χ2n) is 4.39. The molecule has 0 heterocycles. The normalized spacial score (nSPS) is 10.1. The fraction of sp³-hybridized carbons (Fsp3) is 0.188. The summed E-state index contributed by atoms with van der Waals surface area (Å²) in [7, 11) is 1.57. The average Bonchev–Trinajstić information content (AvgIpc) is 2.53. The van der Waals surface area contributed by atoms with Gasteiger partial charge in [-0.3, -0.25) is 4.79 Å². The maximum atomic E-state index is 12.0. The van der Waals surface area contributed by atoms with E-state index in [-0.39, 0.29) is 12.5 Å². The van der Waals surface area contributed by atoms with Crippen molar-refractivity contribution < 1.29 is 14.6 Å². The van der Waals surface area contributed by atoms with Gasteiger partial charge in [-0.2, -0.15) is 0 Å². The van der Waals surface area contributed by atoms with Crippen LogP contribution in [0, 0.1) is 0 Å². The third-order valence-corrected chi connectivity index (χ3v) is 2.99. The number of methoxy groups -OCH3 is 1. The summed E-state index contributed by atoms with van der Waals surface area (Å²) in [4.78, 5) is 12.0. The number of ether oxygens (including phenoxy) is 1. The van der Waals surface area contributed by atoms with Gasteiger partial charge in [-0.15, -0.1) is 0 Å². The van der Waals surface area contributed by atoms with Gasteiger partial charge in [0.1, 0.15) is 5.75 Å². The number of carbonyl (C=O) groups excluding carboxylic acids is 1. The number of amides is 1. The van der Waals surface area contributed by atoms with E-state index in [9.17, 15) is 4.79 Å². The van der Waals surface area contributed by atoms with E-state index in [4.69, 9.17) is 9.84 Å². The van der Waals surface area contributed by atoms with Crippen molar-refractivity contribution in [1.82, 2.24) is 5.32 Å². The van der Waals surface area contributed by atoms with Crippen molar-refractivity contribution in [3.63, 3.8) is 0 Å². The van der Waals surface area contributed by atoms with E-state index in [2.05, 4.69) is 5.32 Å². The summed E-state index contributed by atoms with van der Waals surface area (Å²) in [6.07, 6.45) is 0. The van der Waals surface area contributed by atoms with Gasteiger partial charge in [-0.1, -0.05) is 30.3 Å². The Bertz CT molecular complexity index is 579. The largest absolute Gasteiger partial charge is 0.497 e. The van der Waals surface area contributed by atoms with Crippen LogP contribution in [-0.2, 0) is 13.2 Å². The molecule has 2 N–H and O–H groups in total. The summed E-state index contributed by atoms with van der Waals surface area (Å²) in [6, 6.07) is 14.5. The zero-order chi connectivity index (χ0) is 14.4. The number of hydrogen-bond donors (Lipinski definition) is 2. The molecule has 0 fully saturated rings. The molecule has 0 bridgehead atoms. The Morgan fingerprint density at radius 2 is 1.85 bits per heavy atom. The number of carbonyl (C=O) groups is 1. The SMILES string of the molecule is COc1cccc(C(=O)NCc2ccc(CO)cc2)c1. The minimum Gasteiger partial charge on any atom is -0.497 e. The number of benzene rings is 2. The molecule has 0 aliphatic heterocycles. The lowest BCUT2D eigenvalue weighted by atomic mass is 10.1. The van der Waals surface area contributed by atoms with Crippen LogP contribution in [0.15, 0.2) is 48.5 Å². The lowest BCUT2D eigenvalue weighted by Crippen LogP contribution is -2.22. The van der Waals surface area contributed by atoms with E-state index >= 15 is 0 Å². The van der Waals surface area contributed by atoms with E-state index in [0.29, 0.717) is 17.9 Å². The highest BCUT2D eigenvalue weighted by Gasteiger charge is 2.06. The van der Waals surface area contributed by atoms with E-state index in [0.717, 1.165) is 11.1 Å². The van der Waals surface area contributed by atoms with Gasteiger partial charge in [0.2, 0.25) is 0 Å². The first-order chi connectivity index (χ1) is 9.72. The summed E-state index contributed by atoms with van der Waals surface area (Å²) in [6.45, 7) is 0.470. The molecule has 0 aliphatic carbocycles. The highest BCUT2D eigenvalue weighted by molar-refractivity contribution is 5.94. The minimum atomic E-state index is -0.143. The first kappa shape index (κ1) is 14.1. The molecular formula is C16H17NO3. The minimum absolute atomic E-state index is 0.0243. The van der Waals surface area contributed by atoms with Crippen molar-refractivity contribution in [2.45, 2.75) is 13.2 Å². The molecule has 2 aromatic carbocycles. The highest BCUT2D eigenvalue weighted by atomic mass is 16.5. The maximum absolute atomic E-state index is 12.0. The van der Waals surface area contributed by atoms with Gasteiger partial charge in [0.25, 0.3) is 5.91 Å². The molecule has 0 radical (unpaired) electrons. The standard InChI is InChI=1S/C16H17NO3/c1-20-15-4-2-3-14(9-15)16(19)17-10-12-5-7-13(11-18)8-6-12/h2-9,18H,10-11H2,1H3,(H,17,19). The van der Waals surface area contributed by atoms with Crippen LogP contribution in [0.3, 0.4) is 0 Å². The van der Waals surface area contributed by atoms with Gasteiger partial charge in [-0.25, -0.2) is 0 Å². The molecule has 0 saturated heterocycles. The molecule has 0 aromatic heterocycles. The van der Waals surface area contributed by atoms with E-state index < -0.39 is 0 Å². The first-order valence-electron chi connectivity index (χ1n) is 6.34. The molecule has 4 heteroatoms. The fourth-order valence-corrected chi connectivity index (χ4v) is 1.81.